The molecule has 100 valence electrons. The minimum Gasteiger partial charge on any atom is -0.345 e. The van der Waals surface area contributed by atoms with Crippen LogP contribution in [-0.2, 0) is 4.79 Å². The second-order valence-electron chi connectivity index (χ2n) is 4.55. The molecule has 0 saturated heterocycles. The number of anilines is 3. The van der Waals surface area contributed by atoms with E-state index in [1.165, 1.54) is 12.1 Å². The van der Waals surface area contributed by atoms with Gasteiger partial charge in [-0.3, -0.25) is 9.59 Å². The topological polar surface area (TPSA) is 49.4 Å². The molecule has 1 aliphatic heterocycles. The zero-order valence-corrected chi connectivity index (χ0v) is 10.7. The molecule has 1 amide bonds. The van der Waals surface area contributed by atoms with E-state index in [4.69, 9.17) is 0 Å². The molecule has 0 radical (unpaired) electrons. The normalized spacial score (nSPS) is 13.1. The molecule has 0 aliphatic carbocycles. The van der Waals surface area contributed by atoms with Gasteiger partial charge in [-0.1, -0.05) is 0 Å². The standard InChI is InChI=1S/C15H11FN2O2/c1-18(10-4-2-9(16)3-5-10)11-6-7-12-13(8-11)17-15(20)14(12)19/h2-8H,1H3,(H,17,19,20). The van der Waals surface area contributed by atoms with Crippen molar-refractivity contribution in [2.45, 2.75) is 0 Å². The summed E-state index contributed by atoms with van der Waals surface area (Å²) in [6.45, 7) is 0. The fourth-order valence-electron chi connectivity index (χ4n) is 2.16. The number of halogens is 1. The second-order valence-corrected chi connectivity index (χ2v) is 4.55. The van der Waals surface area contributed by atoms with Crippen molar-refractivity contribution in [2.75, 3.05) is 17.3 Å². The van der Waals surface area contributed by atoms with Crippen molar-refractivity contribution in [3.63, 3.8) is 0 Å². The largest absolute Gasteiger partial charge is 0.345 e. The smallest absolute Gasteiger partial charge is 0.296 e. The summed E-state index contributed by atoms with van der Waals surface area (Å²) in [5.41, 5.74) is 2.49. The molecule has 0 saturated carbocycles. The maximum absolute atomic E-state index is 12.9. The quantitative estimate of drug-likeness (QED) is 0.854. The summed E-state index contributed by atoms with van der Waals surface area (Å²) in [5, 5.41) is 2.53. The third-order valence-corrected chi connectivity index (χ3v) is 3.30. The Balaban J connectivity index is 1.96. The summed E-state index contributed by atoms with van der Waals surface area (Å²) < 4.78 is 12.9. The molecule has 20 heavy (non-hydrogen) atoms. The Morgan fingerprint density at radius 1 is 1.00 bits per heavy atom. The highest BCUT2D eigenvalue weighted by Gasteiger charge is 2.28. The third kappa shape index (κ3) is 1.93. The van der Waals surface area contributed by atoms with E-state index < -0.39 is 11.7 Å². The molecule has 1 N–H and O–H groups in total. The number of amides is 1. The van der Waals surface area contributed by atoms with Crippen LogP contribution in [0.15, 0.2) is 42.5 Å². The number of Topliss-reactive ketones (excluding diaryl/α,β-unsaturated/α-hetero) is 1. The number of carbonyl (C=O) groups excluding carboxylic acids is 2. The Bertz CT molecular complexity index is 710. The molecule has 1 aliphatic rings. The van der Waals surface area contributed by atoms with E-state index in [-0.39, 0.29) is 5.82 Å². The summed E-state index contributed by atoms with van der Waals surface area (Å²) in [7, 11) is 1.83. The van der Waals surface area contributed by atoms with Gasteiger partial charge in [0.15, 0.2) is 0 Å². The van der Waals surface area contributed by atoms with Gasteiger partial charge in [0.1, 0.15) is 5.82 Å². The van der Waals surface area contributed by atoms with Gasteiger partial charge in [0, 0.05) is 18.4 Å². The molecular formula is C15H11FN2O2. The molecule has 1 heterocycles. The van der Waals surface area contributed by atoms with Crippen LogP contribution >= 0.6 is 0 Å². The first-order chi connectivity index (χ1) is 9.56. The number of rotatable bonds is 2. The van der Waals surface area contributed by atoms with Gasteiger partial charge < -0.3 is 10.2 Å². The molecule has 0 fully saturated rings. The van der Waals surface area contributed by atoms with Gasteiger partial charge >= 0.3 is 0 Å². The Labute approximate surface area is 114 Å². The van der Waals surface area contributed by atoms with Crippen LogP contribution in [-0.4, -0.2) is 18.7 Å². The average Bonchev–Trinajstić information content (AvgIpc) is 2.74. The first-order valence-electron chi connectivity index (χ1n) is 6.05. The van der Waals surface area contributed by atoms with Crippen LogP contribution in [0, 0.1) is 5.82 Å². The highest BCUT2D eigenvalue weighted by Crippen LogP contribution is 2.31. The summed E-state index contributed by atoms with van der Waals surface area (Å²) in [4.78, 5) is 24.7. The third-order valence-electron chi connectivity index (χ3n) is 3.30. The Morgan fingerprint density at radius 3 is 2.35 bits per heavy atom. The summed E-state index contributed by atoms with van der Waals surface area (Å²) in [5.74, 6) is -1.42. The lowest BCUT2D eigenvalue weighted by Crippen LogP contribution is -2.12. The number of hydrogen-bond donors (Lipinski definition) is 1. The SMILES string of the molecule is CN(c1ccc(F)cc1)c1ccc2c(c1)NC(=O)C2=O. The molecule has 0 atom stereocenters. The van der Waals surface area contributed by atoms with Gasteiger partial charge in [-0.2, -0.15) is 0 Å². The zero-order valence-electron chi connectivity index (χ0n) is 10.7. The molecule has 2 aromatic carbocycles. The number of carbonyl (C=O) groups is 2. The van der Waals surface area contributed by atoms with E-state index in [2.05, 4.69) is 5.32 Å². The lowest BCUT2D eigenvalue weighted by Gasteiger charge is -2.20. The lowest BCUT2D eigenvalue weighted by molar-refractivity contribution is -0.112. The number of nitrogens with one attached hydrogen (secondary N) is 1. The van der Waals surface area contributed by atoms with Crippen LogP contribution in [0.2, 0.25) is 0 Å². The lowest BCUT2D eigenvalue weighted by atomic mass is 10.1. The van der Waals surface area contributed by atoms with Crippen molar-refractivity contribution in [2.24, 2.45) is 0 Å². The summed E-state index contributed by atoms with van der Waals surface area (Å²) >= 11 is 0. The number of ketones is 1. The van der Waals surface area contributed by atoms with Gasteiger partial charge in [-0.25, -0.2) is 4.39 Å². The Kier molecular flexibility index (Phi) is 2.75. The van der Waals surface area contributed by atoms with Crippen LogP contribution in [0.4, 0.5) is 21.5 Å². The minimum atomic E-state index is -0.610. The molecule has 0 aromatic heterocycles. The monoisotopic (exact) mass is 270 g/mol. The predicted octanol–water partition coefficient (Wildman–Crippen LogP) is 2.73. The maximum Gasteiger partial charge on any atom is 0.296 e. The highest BCUT2D eigenvalue weighted by atomic mass is 19.1. The number of benzene rings is 2. The van der Waals surface area contributed by atoms with E-state index in [9.17, 15) is 14.0 Å². The molecule has 2 aromatic rings. The fraction of sp³-hybridized carbons (Fsp3) is 0.0667. The van der Waals surface area contributed by atoms with Gasteiger partial charge in [0.05, 0.1) is 11.3 Å². The molecule has 5 heteroatoms. The van der Waals surface area contributed by atoms with Crippen LogP contribution in [0.3, 0.4) is 0 Å². The van der Waals surface area contributed by atoms with Gasteiger partial charge in [0.25, 0.3) is 11.7 Å². The Hall–Kier alpha value is -2.69. The summed E-state index contributed by atoms with van der Waals surface area (Å²) in [6, 6.07) is 11.2. The second kappa shape index (κ2) is 4.45. The van der Waals surface area contributed by atoms with E-state index >= 15 is 0 Å². The molecule has 4 nitrogen and oxygen atoms in total. The Morgan fingerprint density at radius 2 is 1.65 bits per heavy atom. The van der Waals surface area contributed by atoms with E-state index in [1.807, 2.05) is 11.9 Å². The van der Waals surface area contributed by atoms with E-state index in [1.54, 1.807) is 30.3 Å². The van der Waals surface area contributed by atoms with Crippen LogP contribution in [0.1, 0.15) is 10.4 Å². The fourth-order valence-corrected chi connectivity index (χ4v) is 2.16. The van der Waals surface area contributed by atoms with Gasteiger partial charge in [-0.15, -0.1) is 0 Å². The zero-order chi connectivity index (χ0) is 14.3. The maximum atomic E-state index is 12.9. The molecule has 3 rings (SSSR count). The van der Waals surface area contributed by atoms with Crippen molar-refractivity contribution >= 4 is 28.8 Å². The average molecular weight is 270 g/mol. The number of fused-ring (bicyclic) bond motifs is 1. The first kappa shape index (κ1) is 12.3. The number of nitrogens with zero attached hydrogens (tertiary/aromatic N) is 1. The summed E-state index contributed by atoms with van der Waals surface area (Å²) in [6.07, 6.45) is 0. The van der Waals surface area contributed by atoms with Crippen molar-refractivity contribution in [1.82, 2.24) is 0 Å². The van der Waals surface area contributed by atoms with E-state index in [0.29, 0.717) is 11.3 Å². The van der Waals surface area contributed by atoms with Crippen LogP contribution in [0.5, 0.6) is 0 Å². The molecule has 0 bridgehead atoms. The highest BCUT2D eigenvalue weighted by molar-refractivity contribution is 6.51. The van der Waals surface area contributed by atoms with Crippen molar-refractivity contribution in [3.05, 3.63) is 53.8 Å². The predicted molar refractivity (Wildman–Crippen MR) is 73.9 cm³/mol. The van der Waals surface area contributed by atoms with Crippen molar-refractivity contribution in [1.29, 1.82) is 0 Å². The molecule has 0 unspecified atom stereocenters. The minimum absolute atomic E-state index is 0.297. The van der Waals surface area contributed by atoms with Crippen LogP contribution in [0.25, 0.3) is 0 Å². The molecule has 0 spiro atoms. The van der Waals surface area contributed by atoms with Crippen LogP contribution < -0.4 is 10.2 Å². The van der Waals surface area contributed by atoms with Gasteiger partial charge in [0.2, 0.25) is 0 Å². The first-order valence-corrected chi connectivity index (χ1v) is 6.05. The van der Waals surface area contributed by atoms with Crippen molar-refractivity contribution < 1.29 is 14.0 Å². The van der Waals surface area contributed by atoms with Gasteiger partial charge in [-0.05, 0) is 42.5 Å². The van der Waals surface area contributed by atoms with E-state index in [0.717, 1.165) is 11.4 Å². The number of hydrogen-bond acceptors (Lipinski definition) is 3. The molecular weight excluding hydrogens is 259 g/mol. The van der Waals surface area contributed by atoms with Crippen molar-refractivity contribution in [3.8, 4) is 0 Å².